The van der Waals surface area contributed by atoms with E-state index in [2.05, 4.69) is 30.3 Å². The molecule has 1 N–H and O–H groups in total. The van der Waals surface area contributed by atoms with Gasteiger partial charge in [-0.3, -0.25) is 0 Å². The van der Waals surface area contributed by atoms with Crippen LogP contribution in [0, 0.1) is 11.8 Å². The van der Waals surface area contributed by atoms with Gasteiger partial charge in [0.15, 0.2) is 5.76 Å². The zero-order valence-electron chi connectivity index (χ0n) is 14.1. The van der Waals surface area contributed by atoms with Crippen LogP contribution >= 0.6 is 0 Å². The Morgan fingerprint density at radius 1 is 1.23 bits per heavy atom. The molecular weight excluding hydrogens is 270 g/mol. The molecule has 0 aromatic rings. The highest BCUT2D eigenvalue weighted by atomic mass is 16.3. The summed E-state index contributed by atoms with van der Waals surface area (Å²) in [6.07, 6.45) is 12.3. The van der Waals surface area contributed by atoms with Gasteiger partial charge < -0.3 is 10.0 Å². The van der Waals surface area contributed by atoms with E-state index in [0.717, 1.165) is 12.3 Å². The van der Waals surface area contributed by atoms with Crippen LogP contribution in [-0.2, 0) is 0 Å². The molecular formula is C20H29NO. The Balaban J connectivity index is 1.92. The lowest BCUT2D eigenvalue weighted by molar-refractivity contribution is 0.0947. The normalized spacial score (nSPS) is 30.9. The van der Waals surface area contributed by atoms with Crippen LogP contribution in [0.5, 0.6) is 0 Å². The first kappa shape index (κ1) is 15.7. The number of aliphatic hydroxyl groups excluding tert-OH is 1. The zero-order chi connectivity index (χ0) is 15.5. The summed E-state index contributed by atoms with van der Waals surface area (Å²) >= 11 is 0. The number of nitrogens with zero attached hydrogens (tertiary/aromatic N) is 1. The van der Waals surface area contributed by atoms with Crippen LogP contribution in [-0.4, -0.2) is 29.6 Å². The molecule has 2 fully saturated rings. The van der Waals surface area contributed by atoms with Crippen molar-refractivity contribution < 1.29 is 5.11 Å². The minimum atomic E-state index is 0.259. The maximum absolute atomic E-state index is 9.88. The van der Waals surface area contributed by atoms with Crippen molar-refractivity contribution in [2.45, 2.75) is 64.3 Å². The Morgan fingerprint density at radius 2 is 2.05 bits per heavy atom. The van der Waals surface area contributed by atoms with Crippen LogP contribution in [0.15, 0.2) is 34.4 Å². The second-order valence-corrected chi connectivity index (χ2v) is 7.25. The molecule has 0 aliphatic heterocycles. The summed E-state index contributed by atoms with van der Waals surface area (Å²) in [4.78, 5) is 2.61. The minimum absolute atomic E-state index is 0.259. The molecule has 0 amide bonds. The molecule has 1 unspecified atom stereocenters. The van der Waals surface area contributed by atoms with Crippen molar-refractivity contribution in [2.75, 3.05) is 13.6 Å². The van der Waals surface area contributed by atoms with Crippen LogP contribution in [0.1, 0.15) is 58.3 Å². The van der Waals surface area contributed by atoms with Gasteiger partial charge in [0.25, 0.3) is 0 Å². The van der Waals surface area contributed by atoms with Crippen molar-refractivity contribution >= 4 is 0 Å². The molecule has 0 spiro atoms. The highest BCUT2D eigenvalue weighted by Crippen LogP contribution is 2.46. The molecule has 0 saturated heterocycles. The fraction of sp³-hybridized carbons (Fsp3) is 0.700. The van der Waals surface area contributed by atoms with Gasteiger partial charge in [-0.2, -0.15) is 0 Å². The number of hydrogen-bond acceptors (Lipinski definition) is 2. The van der Waals surface area contributed by atoms with Crippen molar-refractivity contribution in [3.8, 4) is 0 Å². The molecule has 2 bridgehead atoms. The third kappa shape index (κ3) is 3.10. The van der Waals surface area contributed by atoms with Crippen LogP contribution in [0.2, 0.25) is 0 Å². The van der Waals surface area contributed by atoms with Gasteiger partial charge in [0.2, 0.25) is 0 Å². The Labute approximate surface area is 134 Å². The van der Waals surface area contributed by atoms with E-state index in [1.54, 1.807) is 0 Å². The van der Waals surface area contributed by atoms with Crippen LogP contribution in [0.3, 0.4) is 0 Å². The van der Waals surface area contributed by atoms with E-state index in [1.165, 1.54) is 62.6 Å². The van der Waals surface area contributed by atoms with Gasteiger partial charge in [0.1, 0.15) is 0 Å². The van der Waals surface area contributed by atoms with E-state index in [9.17, 15) is 5.11 Å². The lowest BCUT2D eigenvalue weighted by atomic mass is 9.66. The van der Waals surface area contributed by atoms with E-state index in [-0.39, 0.29) is 5.76 Å². The molecule has 0 heterocycles. The summed E-state index contributed by atoms with van der Waals surface area (Å²) in [7, 11) is 2.31. The molecule has 3 atom stereocenters. The second kappa shape index (κ2) is 6.92. The van der Waals surface area contributed by atoms with Gasteiger partial charge in [-0.25, -0.2) is 0 Å². The van der Waals surface area contributed by atoms with Gasteiger partial charge in [-0.1, -0.05) is 38.3 Å². The Bertz CT molecular complexity index is 546. The molecule has 2 nitrogen and oxygen atoms in total. The smallest absolute Gasteiger partial charge is 0.167 e. The number of hydrogen-bond donors (Lipinski definition) is 1. The average molecular weight is 299 g/mol. The maximum atomic E-state index is 9.88. The highest BCUT2D eigenvalue weighted by Gasteiger charge is 2.41. The average Bonchev–Trinajstić information content (AvgIpc) is 2.50. The lowest BCUT2D eigenvalue weighted by Crippen LogP contribution is -2.48. The van der Waals surface area contributed by atoms with Gasteiger partial charge in [0.05, 0.1) is 0 Å². The SMILES string of the molecule is CCCCN(C)[C@H]1C2CCCCC[C@@H]1C1=CC(O)=C=C=C1C2. The first-order valence-electron chi connectivity index (χ1n) is 9.06. The van der Waals surface area contributed by atoms with Crippen LogP contribution < -0.4 is 0 Å². The monoisotopic (exact) mass is 299 g/mol. The molecule has 120 valence electrons. The Morgan fingerprint density at radius 3 is 2.86 bits per heavy atom. The van der Waals surface area contributed by atoms with E-state index in [1.807, 2.05) is 6.08 Å². The maximum Gasteiger partial charge on any atom is 0.167 e. The molecule has 22 heavy (non-hydrogen) atoms. The van der Waals surface area contributed by atoms with Crippen LogP contribution in [0.4, 0.5) is 0 Å². The predicted molar refractivity (Wildman–Crippen MR) is 90.8 cm³/mol. The van der Waals surface area contributed by atoms with E-state index in [4.69, 9.17) is 0 Å². The van der Waals surface area contributed by atoms with Crippen molar-refractivity contribution in [1.82, 2.24) is 4.90 Å². The zero-order valence-corrected chi connectivity index (χ0v) is 14.1. The van der Waals surface area contributed by atoms with E-state index < -0.39 is 0 Å². The number of unbranched alkanes of at least 4 members (excludes halogenated alkanes) is 1. The molecule has 3 rings (SSSR count). The molecule has 2 heteroatoms. The Kier molecular flexibility index (Phi) is 4.93. The topological polar surface area (TPSA) is 23.5 Å². The molecule has 3 aliphatic carbocycles. The van der Waals surface area contributed by atoms with Gasteiger partial charge in [-0.15, -0.1) is 0 Å². The number of allylic oxidation sites excluding steroid dienone is 2. The van der Waals surface area contributed by atoms with Crippen molar-refractivity contribution in [3.63, 3.8) is 0 Å². The fourth-order valence-electron chi connectivity index (χ4n) is 4.65. The summed E-state index contributed by atoms with van der Waals surface area (Å²) < 4.78 is 0. The third-order valence-electron chi connectivity index (χ3n) is 5.71. The van der Waals surface area contributed by atoms with E-state index >= 15 is 0 Å². The van der Waals surface area contributed by atoms with E-state index in [0.29, 0.717) is 12.0 Å². The third-order valence-corrected chi connectivity index (χ3v) is 5.71. The van der Waals surface area contributed by atoms with Gasteiger partial charge >= 0.3 is 0 Å². The summed E-state index contributed by atoms with van der Waals surface area (Å²) in [6.45, 7) is 3.46. The predicted octanol–water partition coefficient (Wildman–Crippen LogP) is 4.75. The van der Waals surface area contributed by atoms with Crippen molar-refractivity contribution in [2.24, 2.45) is 11.8 Å². The summed E-state index contributed by atoms with van der Waals surface area (Å²) in [5, 5.41) is 9.88. The standard InChI is InChI=1S/C20H29NO/c1-3-4-12-21(2)20-16-8-6-5-7-9-18(20)19-14-17(22)11-10-15(19)13-16/h14,16,18,20,22H,3-9,12-13H2,1-2H3/t16?,18-,20+/m1/s1. The molecule has 0 aromatic heterocycles. The minimum Gasteiger partial charge on any atom is -0.501 e. The lowest BCUT2D eigenvalue weighted by Gasteiger charge is -2.47. The fourth-order valence-corrected chi connectivity index (χ4v) is 4.65. The van der Waals surface area contributed by atoms with Crippen molar-refractivity contribution in [3.05, 3.63) is 34.4 Å². The quantitative estimate of drug-likeness (QED) is 0.757. The van der Waals surface area contributed by atoms with Crippen LogP contribution in [0.25, 0.3) is 0 Å². The number of fused-ring (bicyclic) bond motifs is 4. The number of aliphatic hydroxyl groups is 1. The molecule has 3 aliphatic rings. The summed E-state index contributed by atoms with van der Waals surface area (Å²) in [5.74, 6) is 1.57. The second-order valence-electron chi connectivity index (χ2n) is 7.25. The van der Waals surface area contributed by atoms with Gasteiger partial charge in [0, 0.05) is 17.5 Å². The first-order valence-corrected chi connectivity index (χ1v) is 9.06. The van der Waals surface area contributed by atoms with Crippen molar-refractivity contribution in [1.29, 1.82) is 0 Å². The highest BCUT2D eigenvalue weighted by molar-refractivity contribution is 5.43. The first-order chi connectivity index (χ1) is 10.7. The summed E-state index contributed by atoms with van der Waals surface area (Å²) in [6, 6.07) is 0.634. The molecule has 0 radical (unpaired) electrons. The van der Waals surface area contributed by atoms with Gasteiger partial charge in [-0.05, 0) is 62.6 Å². The summed E-state index contributed by atoms with van der Waals surface area (Å²) in [5.41, 5.74) is 8.79. The molecule has 0 aromatic carbocycles. The molecule has 2 saturated carbocycles. The largest absolute Gasteiger partial charge is 0.501 e. The number of rotatable bonds is 4. The Hall–Kier alpha value is -1.20.